The molecule has 0 saturated heterocycles. The Bertz CT molecular complexity index is 339. The number of aliphatic hydroxyl groups is 1. The van der Waals surface area contributed by atoms with Crippen molar-refractivity contribution in [1.82, 2.24) is 20.5 Å². The van der Waals surface area contributed by atoms with Crippen LogP contribution in [0.4, 0.5) is 0 Å². The molecule has 1 fully saturated rings. The van der Waals surface area contributed by atoms with Crippen LogP contribution in [-0.2, 0) is 0 Å². The minimum Gasteiger partial charge on any atom is -0.393 e. The van der Waals surface area contributed by atoms with Crippen molar-refractivity contribution in [3.8, 4) is 0 Å². The molecule has 16 heavy (non-hydrogen) atoms. The standard InChI is InChI=1S/C10H16N4O2/c15-8-3-1-2-7(4-8)5-11-10(16)9-12-6-13-14-9/h6-8,15H,1-5H2,(H,11,16)(H,12,13,14). The van der Waals surface area contributed by atoms with E-state index in [1.54, 1.807) is 0 Å². The second-order valence-corrected chi connectivity index (χ2v) is 4.23. The molecule has 1 aliphatic rings. The maximum Gasteiger partial charge on any atom is 0.288 e. The van der Waals surface area contributed by atoms with E-state index >= 15 is 0 Å². The highest BCUT2D eigenvalue weighted by atomic mass is 16.3. The Morgan fingerprint density at radius 2 is 2.50 bits per heavy atom. The number of amides is 1. The number of hydrogen-bond acceptors (Lipinski definition) is 4. The number of aromatic nitrogens is 3. The monoisotopic (exact) mass is 224 g/mol. The number of nitrogens with one attached hydrogen (secondary N) is 2. The summed E-state index contributed by atoms with van der Waals surface area (Å²) in [5.74, 6) is 0.365. The highest BCUT2D eigenvalue weighted by Gasteiger charge is 2.21. The highest BCUT2D eigenvalue weighted by Crippen LogP contribution is 2.23. The fraction of sp³-hybridized carbons (Fsp3) is 0.700. The summed E-state index contributed by atoms with van der Waals surface area (Å²) in [4.78, 5) is 15.3. The van der Waals surface area contributed by atoms with Gasteiger partial charge in [0.2, 0.25) is 5.82 Å². The lowest BCUT2D eigenvalue weighted by molar-refractivity contribution is 0.0866. The van der Waals surface area contributed by atoms with Crippen LogP contribution in [0.25, 0.3) is 0 Å². The molecule has 2 rings (SSSR count). The topological polar surface area (TPSA) is 90.9 Å². The SMILES string of the molecule is O=C(NCC1CCCC(O)C1)c1ncn[nH]1. The van der Waals surface area contributed by atoms with Crippen molar-refractivity contribution >= 4 is 5.91 Å². The molecule has 1 aliphatic carbocycles. The number of nitrogens with zero attached hydrogens (tertiary/aromatic N) is 2. The zero-order chi connectivity index (χ0) is 11.4. The van der Waals surface area contributed by atoms with E-state index in [0.29, 0.717) is 12.5 Å². The molecule has 6 heteroatoms. The Hall–Kier alpha value is -1.43. The molecule has 2 atom stereocenters. The van der Waals surface area contributed by atoms with Gasteiger partial charge in [0.1, 0.15) is 6.33 Å². The zero-order valence-corrected chi connectivity index (χ0v) is 9.02. The van der Waals surface area contributed by atoms with E-state index in [1.807, 2.05) is 0 Å². The molecule has 1 amide bonds. The van der Waals surface area contributed by atoms with E-state index in [0.717, 1.165) is 25.7 Å². The number of H-pyrrole nitrogens is 1. The summed E-state index contributed by atoms with van der Waals surface area (Å²) in [5.41, 5.74) is 0. The first-order valence-electron chi connectivity index (χ1n) is 5.57. The number of carbonyl (C=O) groups is 1. The fourth-order valence-corrected chi connectivity index (χ4v) is 2.08. The van der Waals surface area contributed by atoms with Crippen molar-refractivity contribution in [2.24, 2.45) is 5.92 Å². The maximum absolute atomic E-state index is 11.5. The number of carbonyl (C=O) groups excluding carboxylic acids is 1. The van der Waals surface area contributed by atoms with Gasteiger partial charge in [-0.25, -0.2) is 4.98 Å². The normalized spacial score (nSPS) is 25.3. The predicted molar refractivity (Wildman–Crippen MR) is 56.7 cm³/mol. The second-order valence-electron chi connectivity index (χ2n) is 4.23. The molecule has 0 aliphatic heterocycles. The van der Waals surface area contributed by atoms with Crippen LogP contribution in [0.15, 0.2) is 6.33 Å². The quantitative estimate of drug-likeness (QED) is 0.678. The smallest absolute Gasteiger partial charge is 0.288 e. The molecule has 0 spiro atoms. The summed E-state index contributed by atoms with van der Waals surface area (Å²) in [5, 5.41) is 18.4. The summed E-state index contributed by atoms with van der Waals surface area (Å²) < 4.78 is 0. The van der Waals surface area contributed by atoms with Gasteiger partial charge in [-0.15, -0.1) is 0 Å². The van der Waals surface area contributed by atoms with Gasteiger partial charge in [0.15, 0.2) is 0 Å². The van der Waals surface area contributed by atoms with Gasteiger partial charge in [0.05, 0.1) is 6.10 Å². The first-order valence-corrected chi connectivity index (χ1v) is 5.57. The van der Waals surface area contributed by atoms with Gasteiger partial charge in [0, 0.05) is 6.54 Å². The van der Waals surface area contributed by atoms with Gasteiger partial charge in [-0.2, -0.15) is 5.10 Å². The molecular formula is C10H16N4O2. The third kappa shape index (κ3) is 2.79. The molecule has 0 bridgehead atoms. The van der Waals surface area contributed by atoms with E-state index in [1.165, 1.54) is 6.33 Å². The van der Waals surface area contributed by atoms with Crippen LogP contribution in [0.3, 0.4) is 0 Å². The van der Waals surface area contributed by atoms with E-state index in [2.05, 4.69) is 20.5 Å². The summed E-state index contributed by atoms with van der Waals surface area (Å²) in [7, 11) is 0. The van der Waals surface area contributed by atoms with Crippen LogP contribution in [-0.4, -0.2) is 38.8 Å². The second kappa shape index (κ2) is 5.07. The first kappa shape index (κ1) is 11.1. The summed E-state index contributed by atoms with van der Waals surface area (Å²) in [6, 6.07) is 0. The molecule has 0 radical (unpaired) electrons. The lowest BCUT2D eigenvalue weighted by Gasteiger charge is -2.25. The van der Waals surface area contributed by atoms with Crippen LogP contribution >= 0.6 is 0 Å². The molecule has 1 aromatic rings. The Morgan fingerprint density at radius 3 is 3.19 bits per heavy atom. The van der Waals surface area contributed by atoms with Gasteiger partial charge in [-0.3, -0.25) is 9.89 Å². The third-order valence-electron chi connectivity index (χ3n) is 2.94. The zero-order valence-electron chi connectivity index (χ0n) is 9.02. The Morgan fingerprint density at radius 1 is 1.62 bits per heavy atom. The first-order chi connectivity index (χ1) is 7.75. The number of aromatic amines is 1. The van der Waals surface area contributed by atoms with Gasteiger partial charge in [0.25, 0.3) is 5.91 Å². The average Bonchev–Trinajstić information content (AvgIpc) is 2.79. The van der Waals surface area contributed by atoms with Crippen LogP contribution in [0, 0.1) is 5.92 Å². The van der Waals surface area contributed by atoms with Gasteiger partial charge < -0.3 is 10.4 Å². The summed E-state index contributed by atoms with van der Waals surface area (Å²) in [6.07, 6.45) is 4.85. The van der Waals surface area contributed by atoms with Crippen molar-refractivity contribution in [2.75, 3.05) is 6.54 Å². The molecule has 3 N–H and O–H groups in total. The predicted octanol–water partition coefficient (Wildman–Crippen LogP) is 0.0856. The van der Waals surface area contributed by atoms with E-state index in [4.69, 9.17) is 0 Å². The fourth-order valence-electron chi connectivity index (χ4n) is 2.08. The van der Waals surface area contributed by atoms with Crippen LogP contribution in [0.1, 0.15) is 36.3 Å². The number of hydrogen-bond donors (Lipinski definition) is 3. The summed E-state index contributed by atoms with van der Waals surface area (Å²) >= 11 is 0. The van der Waals surface area contributed by atoms with Crippen molar-refractivity contribution in [3.05, 3.63) is 12.2 Å². The number of rotatable bonds is 3. The molecule has 1 heterocycles. The molecule has 0 aromatic carbocycles. The summed E-state index contributed by atoms with van der Waals surface area (Å²) in [6.45, 7) is 0.594. The van der Waals surface area contributed by atoms with Gasteiger partial charge in [-0.1, -0.05) is 6.42 Å². The average molecular weight is 224 g/mol. The van der Waals surface area contributed by atoms with Crippen molar-refractivity contribution in [3.63, 3.8) is 0 Å². The Labute approximate surface area is 93.5 Å². The highest BCUT2D eigenvalue weighted by molar-refractivity contribution is 5.90. The Balaban J connectivity index is 1.77. The Kier molecular flexibility index (Phi) is 3.51. The molecule has 1 saturated carbocycles. The van der Waals surface area contributed by atoms with E-state index < -0.39 is 0 Å². The molecule has 6 nitrogen and oxygen atoms in total. The van der Waals surface area contributed by atoms with Crippen LogP contribution < -0.4 is 5.32 Å². The molecular weight excluding hydrogens is 208 g/mol. The molecule has 1 aromatic heterocycles. The van der Waals surface area contributed by atoms with E-state index in [9.17, 15) is 9.90 Å². The van der Waals surface area contributed by atoms with Crippen molar-refractivity contribution in [1.29, 1.82) is 0 Å². The van der Waals surface area contributed by atoms with Crippen LogP contribution in [0.5, 0.6) is 0 Å². The molecule has 88 valence electrons. The minimum atomic E-state index is -0.238. The van der Waals surface area contributed by atoms with Crippen LogP contribution in [0.2, 0.25) is 0 Å². The third-order valence-corrected chi connectivity index (χ3v) is 2.94. The largest absolute Gasteiger partial charge is 0.393 e. The lowest BCUT2D eigenvalue weighted by atomic mass is 9.87. The van der Waals surface area contributed by atoms with Gasteiger partial charge in [-0.05, 0) is 25.2 Å². The van der Waals surface area contributed by atoms with E-state index in [-0.39, 0.29) is 17.8 Å². The maximum atomic E-state index is 11.5. The number of aliphatic hydroxyl groups excluding tert-OH is 1. The van der Waals surface area contributed by atoms with Crippen molar-refractivity contribution < 1.29 is 9.90 Å². The molecule has 2 unspecified atom stereocenters. The van der Waals surface area contributed by atoms with Crippen molar-refractivity contribution in [2.45, 2.75) is 31.8 Å². The lowest BCUT2D eigenvalue weighted by Crippen LogP contribution is -2.33. The van der Waals surface area contributed by atoms with Gasteiger partial charge >= 0.3 is 0 Å². The minimum absolute atomic E-state index is 0.207.